The standard InChI is InChI=1S/C11H15BrN2OS/c1-4-5-6-7-14(3)10(15)9-8(2)13-11(12)16-9/h4H,1,5-7H2,2-3H3. The molecule has 0 N–H and O–H groups in total. The third-order valence-electron chi connectivity index (χ3n) is 2.21. The Hall–Kier alpha value is -0.680. The number of thiazole rings is 1. The number of amides is 1. The van der Waals surface area contributed by atoms with Gasteiger partial charge in [-0.05, 0) is 35.7 Å². The summed E-state index contributed by atoms with van der Waals surface area (Å²) in [4.78, 5) is 18.7. The number of aromatic nitrogens is 1. The van der Waals surface area contributed by atoms with Crippen molar-refractivity contribution in [2.75, 3.05) is 13.6 Å². The van der Waals surface area contributed by atoms with Gasteiger partial charge >= 0.3 is 0 Å². The van der Waals surface area contributed by atoms with Gasteiger partial charge in [-0.15, -0.1) is 17.9 Å². The van der Waals surface area contributed by atoms with Crippen LogP contribution in [0.15, 0.2) is 16.6 Å². The zero-order valence-corrected chi connectivity index (χ0v) is 11.9. The highest BCUT2D eigenvalue weighted by molar-refractivity contribution is 9.11. The number of nitrogens with zero attached hydrogens (tertiary/aromatic N) is 2. The van der Waals surface area contributed by atoms with Gasteiger partial charge in [-0.2, -0.15) is 0 Å². The van der Waals surface area contributed by atoms with Gasteiger partial charge in [0, 0.05) is 13.6 Å². The van der Waals surface area contributed by atoms with E-state index >= 15 is 0 Å². The van der Waals surface area contributed by atoms with E-state index in [2.05, 4.69) is 27.5 Å². The molecule has 3 nitrogen and oxygen atoms in total. The Bertz CT molecular complexity index is 389. The van der Waals surface area contributed by atoms with Gasteiger partial charge in [0.15, 0.2) is 3.92 Å². The summed E-state index contributed by atoms with van der Waals surface area (Å²) in [6.45, 7) is 6.26. The lowest BCUT2D eigenvalue weighted by Crippen LogP contribution is -2.27. The van der Waals surface area contributed by atoms with E-state index in [1.807, 2.05) is 20.0 Å². The van der Waals surface area contributed by atoms with Crippen molar-refractivity contribution < 1.29 is 4.79 Å². The van der Waals surface area contributed by atoms with Crippen molar-refractivity contribution in [3.8, 4) is 0 Å². The summed E-state index contributed by atoms with van der Waals surface area (Å²) >= 11 is 4.67. The van der Waals surface area contributed by atoms with Gasteiger partial charge in [0.2, 0.25) is 0 Å². The van der Waals surface area contributed by atoms with E-state index in [9.17, 15) is 4.79 Å². The van der Waals surface area contributed by atoms with Crippen LogP contribution < -0.4 is 0 Å². The second kappa shape index (κ2) is 6.15. The molecule has 0 unspecified atom stereocenters. The molecule has 0 aliphatic rings. The summed E-state index contributed by atoms with van der Waals surface area (Å²) in [6.07, 6.45) is 3.75. The van der Waals surface area contributed by atoms with E-state index in [-0.39, 0.29) is 5.91 Å². The fourth-order valence-corrected chi connectivity index (χ4v) is 2.85. The maximum absolute atomic E-state index is 12.0. The molecule has 1 amide bonds. The minimum atomic E-state index is 0.0461. The average molecular weight is 303 g/mol. The van der Waals surface area contributed by atoms with Gasteiger partial charge in [0.05, 0.1) is 5.69 Å². The largest absolute Gasteiger partial charge is 0.341 e. The molecule has 0 atom stereocenters. The van der Waals surface area contributed by atoms with Crippen molar-refractivity contribution in [1.82, 2.24) is 9.88 Å². The molecule has 0 aliphatic carbocycles. The summed E-state index contributed by atoms with van der Waals surface area (Å²) in [5.74, 6) is 0.0461. The molecular formula is C11H15BrN2OS. The van der Waals surface area contributed by atoms with Gasteiger partial charge in [-0.25, -0.2) is 4.98 Å². The normalized spacial score (nSPS) is 10.2. The minimum Gasteiger partial charge on any atom is -0.341 e. The number of allylic oxidation sites excluding steroid dienone is 1. The lowest BCUT2D eigenvalue weighted by Gasteiger charge is -2.15. The first-order valence-electron chi connectivity index (χ1n) is 5.05. The fourth-order valence-electron chi connectivity index (χ4n) is 1.31. The second-order valence-electron chi connectivity index (χ2n) is 3.54. The summed E-state index contributed by atoms with van der Waals surface area (Å²) < 4.78 is 0.757. The topological polar surface area (TPSA) is 33.2 Å². The molecule has 88 valence electrons. The maximum Gasteiger partial charge on any atom is 0.265 e. The molecule has 0 radical (unpaired) electrons. The molecule has 1 heterocycles. The molecule has 1 rings (SSSR count). The van der Waals surface area contributed by atoms with E-state index in [1.54, 1.807) is 4.90 Å². The molecule has 5 heteroatoms. The zero-order chi connectivity index (χ0) is 12.1. The third kappa shape index (κ3) is 3.42. The van der Waals surface area contributed by atoms with Crippen molar-refractivity contribution in [1.29, 1.82) is 0 Å². The Kier molecular flexibility index (Phi) is 5.15. The highest BCUT2D eigenvalue weighted by atomic mass is 79.9. The van der Waals surface area contributed by atoms with Crippen molar-refractivity contribution >= 4 is 33.2 Å². The lowest BCUT2D eigenvalue weighted by atomic mass is 10.3. The minimum absolute atomic E-state index is 0.0461. The van der Waals surface area contributed by atoms with Gasteiger partial charge in [0.1, 0.15) is 4.88 Å². The number of carbonyl (C=O) groups excluding carboxylic acids is 1. The summed E-state index contributed by atoms with van der Waals surface area (Å²) in [7, 11) is 1.82. The van der Waals surface area contributed by atoms with Crippen LogP contribution in [0.1, 0.15) is 28.2 Å². The van der Waals surface area contributed by atoms with Crippen LogP contribution in [0.4, 0.5) is 0 Å². The third-order valence-corrected chi connectivity index (χ3v) is 3.81. The Morgan fingerprint density at radius 1 is 1.69 bits per heavy atom. The Morgan fingerprint density at radius 3 is 2.88 bits per heavy atom. The first kappa shape index (κ1) is 13.4. The van der Waals surface area contributed by atoms with Gasteiger partial charge in [0.25, 0.3) is 5.91 Å². The molecule has 1 aromatic rings. The van der Waals surface area contributed by atoms with E-state index in [0.717, 1.165) is 29.0 Å². The summed E-state index contributed by atoms with van der Waals surface area (Å²) in [5.41, 5.74) is 0.789. The summed E-state index contributed by atoms with van der Waals surface area (Å²) in [6, 6.07) is 0. The van der Waals surface area contributed by atoms with E-state index in [0.29, 0.717) is 4.88 Å². The number of halogens is 1. The fraction of sp³-hybridized carbons (Fsp3) is 0.455. The number of hydrogen-bond acceptors (Lipinski definition) is 3. The van der Waals surface area contributed by atoms with Crippen molar-refractivity contribution in [2.45, 2.75) is 19.8 Å². The van der Waals surface area contributed by atoms with Crippen LogP contribution in [-0.4, -0.2) is 29.4 Å². The SMILES string of the molecule is C=CCCCN(C)C(=O)c1sc(Br)nc1C. The second-order valence-corrected chi connectivity index (χ2v) is 5.81. The highest BCUT2D eigenvalue weighted by Gasteiger charge is 2.17. The van der Waals surface area contributed by atoms with Gasteiger partial charge < -0.3 is 4.90 Å². The predicted octanol–water partition coefficient (Wildman–Crippen LogP) is 3.25. The Morgan fingerprint density at radius 2 is 2.38 bits per heavy atom. The Balaban J connectivity index is 2.63. The molecule has 16 heavy (non-hydrogen) atoms. The molecule has 0 aliphatic heterocycles. The molecule has 0 aromatic carbocycles. The summed E-state index contributed by atoms with van der Waals surface area (Å²) in [5, 5.41) is 0. The molecule has 0 bridgehead atoms. The number of rotatable bonds is 5. The average Bonchev–Trinajstić information content (AvgIpc) is 2.57. The van der Waals surface area contributed by atoms with E-state index in [1.165, 1.54) is 11.3 Å². The van der Waals surface area contributed by atoms with Crippen LogP contribution in [0.3, 0.4) is 0 Å². The first-order valence-corrected chi connectivity index (χ1v) is 6.66. The van der Waals surface area contributed by atoms with E-state index in [4.69, 9.17) is 0 Å². The lowest BCUT2D eigenvalue weighted by molar-refractivity contribution is 0.0797. The van der Waals surface area contributed by atoms with Crippen LogP contribution in [-0.2, 0) is 0 Å². The van der Waals surface area contributed by atoms with Crippen LogP contribution in [0.5, 0.6) is 0 Å². The number of unbranched alkanes of at least 4 members (excludes halogenated alkanes) is 1. The first-order chi connectivity index (χ1) is 7.56. The van der Waals surface area contributed by atoms with Crippen LogP contribution >= 0.6 is 27.3 Å². The van der Waals surface area contributed by atoms with Crippen molar-refractivity contribution in [3.63, 3.8) is 0 Å². The predicted molar refractivity (Wildman–Crippen MR) is 70.9 cm³/mol. The monoisotopic (exact) mass is 302 g/mol. The molecule has 0 saturated heterocycles. The zero-order valence-electron chi connectivity index (χ0n) is 9.49. The van der Waals surface area contributed by atoms with Crippen molar-refractivity contribution in [3.05, 3.63) is 27.1 Å². The number of carbonyl (C=O) groups is 1. The maximum atomic E-state index is 12.0. The van der Waals surface area contributed by atoms with Crippen LogP contribution in [0.25, 0.3) is 0 Å². The molecule has 0 fully saturated rings. The van der Waals surface area contributed by atoms with Gasteiger partial charge in [-0.3, -0.25) is 4.79 Å². The quantitative estimate of drug-likeness (QED) is 0.618. The number of aryl methyl sites for hydroxylation is 1. The molecular weight excluding hydrogens is 288 g/mol. The van der Waals surface area contributed by atoms with Crippen LogP contribution in [0.2, 0.25) is 0 Å². The van der Waals surface area contributed by atoms with Crippen molar-refractivity contribution in [2.24, 2.45) is 0 Å². The molecule has 0 spiro atoms. The Labute approximate surface area is 108 Å². The molecule has 0 saturated carbocycles. The van der Waals surface area contributed by atoms with Crippen LogP contribution in [0, 0.1) is 6.92 Å². The van der Waals surface area contributed by atoms with E-state index < -0.39 is 0 Å². The highest BCUT2D eigenvalue weighted by Crippen LogP contribution is 2.23. The number of hydrogen-bond donors (Lipinski definition) is 0. The van der Waals surface area contributed by atoms with Gasteiger partial charge in [-0.1, -0.05) is 6.08 Å². The smallest absolute Gasteiger partial charge is 0.265 e. The molecule has 1 aromatic heterocycles.